The molecule has 0 atom stereocenters. The molecule has 0 spiro atoms. The van der Waals surface area contributed by atoms with E-state index in [4.69, 9.17) is 4.74 Å². The van der Waals surface area contributed by atoms with Crippen LogP contribution in [0.5, 0.6) is 5.75 Å². The van der Waals surface area contributed by atoms with Crippen LogP contribution < -0.4 is 15.0 Å². The topological polar surface area (TPSA) is 50.3 Å². The molecule has 112 valence electrons. The molecule has 0 unspecified atom stereocenters. The van der Waals surface area contributed by atoms with Crippen LogP contribution in [0.1, 0.15) is 12.5 Å². The van der Waals surface area contributed by atoms with E-state index in [0.29, 0.717) is 12.5 Å². The summed E-state index contributed by atoms with van der Waals surface area (Å²) < 4.78 is 6.25. The predicted octanol–water partition coefficient (Wildman–Crippen LogP) is 3.32. The van der Waals surface area contributed by atoms with Crippen molar-refractivity contribution in [3.05, 3.63) is 40.5 Å². The first kappa shape index (κ1) is 15.6. The molecule has 6 heteroatoms. The molecule has 1 N–H and O–H groups in total. The van der Waals surface area contributed by atoms with Gasteiger partial charge in [0.2, 0.25) is 5.95 Å². The van der Waals surface area contributed by atoms with Crippen molar-refractivity contribution in [1.29, 1.82) is 0 Å². The van der Waals surface area contributed by atoms with Crippen molar-refractivity contribution < 1.29 is 4.74 Å². The Bertz CT molecular complexity index is 606. The lowest BCUT2D eigenvalue weighted by Crippen LogP contribution is -2.19. The smallest absolute Gasteiger partial charge is 0.224 e. The van der Waals surface area contributed by atoms with E-state index in [-0.39, 0.29) is 0 Å². The van der Waals surface area contributed by atoms with Crippen molar-refractivity contribution >= 4 is 27.7 Å². The van der Waals surface area contributed by atoms with Gasteiger partial charge >= 0.3 is 0 Å². The third kappa shape index (κ3) is 3.85. The summed E-state index contributed by atoms with van der Waals surface area (Å²) >= 11 is 3.51. The molecular weight excluding hydrogens is 332 g/mol. The van der Waals surface area contributed by atoms with Crippen molar-refractivity contribution in [2.24, 2.45) is 0 Å². The quantitative estimate of drug-likeness (QED) is 0.865. The van der Waals surface area contributed by atoms with Crippen LogP contribution in [-0.4, -0.2) is 30.7 Å². The van der Waals surface area contributed by atoms with Gasteiger partial charge in [-0.3, -0.25) is 0 Å². The van der Waals surface area contributed by atoms with Crippen LogP contribution in [0.4, 0.5) is 11.8 Å². The number of rotatable bonds is 6. The second-order valence-electron chi connectivity index (χ2n) is 4.56. The van der Waals surface area contributed by atoms with Crippen LogP contribution >= 0.6 is 15.9 Å². The summed E-state index contributed by atoms with van der Waals surface area (Å²) in [5.74, 6) is 2.34. The van der Waals surface area contributed by atoms with Crippen LogP contribution in [0.2, 0.25) is 0 Å². The molecule has 0 saturated heterocycles. The highest BCUT2D eigenvalue weighted by Crippen LogP contribution is 2.26. The molecule has 2 rings (SSSR count). The number of halogens is 1. The maximum Gasteiger partial charge on any atom is 0.224 e. The average molecular weight is 351 g/mol. The number of nitrogens with zero attached hydrogens (tertiary/aromatic N) is 3. The van der Waals surface area contributed by atoms with Crippen molar-refractivity contribution in [2.45, 2.75) is 13.5 Å². The van der Waals surface area contributed by atoms with Gasteiger partial charge in [0.25, 0.3) is 0 Å². The van der Waals surface area contributed by atoms with Gasteiger partial charge in [-0.15, -0.1) is 0 Å². The number of benzene rings is 1. The highest BCUT2D eigenvalue weighted by Gasteiger charge is 2.12. The average Bonchev–Trinajstić information content (AvgIpc) is 2.50. The van der Waals surface area contributed by atoms with Gasteiger partial charge in [0, 0.05) is 31.9 Å². The maximum absolute atomic E-state index is 5.39. The van der Waals surface area contributed by atoms with Gasteiger partial charge in [0.15, 0.2) is 0 Å². The Balaban J connectivity index is 2.23. The Morgan fingerprint density at radius 2 is 2.10 bits per heavy atom. The molecule has 0 bridgehead atoms. The SMILES string of the molecule is CCNc1ncc(Br)c(N(C)Cc2ccccc2OC)n1. The number of hydrogen-bond acceptors (Lipinski definition) is 5. The number of methoxy groups -OCH3 is 1. The zero-order valence-corrected chi connectivity index (χ0v) is 14.0. The highest BCUT2D eigenvalue weighted by molar-refractivity contribution is 9.10. The fourth-order valence-corrected chi connectivity index (χ4v) is 2.53. The summed E-state index contributed by atoms with van der Waals surface area (Å²) in [5.41, 5.74) is 1.11. The molecule has 0 aliphatic carbocycles. The van der Waals surface area contributed by atoms with Crippen LogP contribution in [0.3, 0.4) is 0 Å². The molecule has 0 saturated carbocycles. The third-order valence-corrected chi connectivity index (χ3v) is 3.58. The second-order valence-corrected chi connectivity index (χ2v) is 5.42. The van der Waals surface area contributed by atoms with Crippen molar-refractivity contribution in [3.63, 3.8) is 0 Å². The van der Waals surface area contributed by atoms with Crippen LogP contribution in [-0.2, 0) is 6.54 Å². The summed E-state index contributed by atoms with van der Waals surface area (Å²) in [7, 11) is 3.68. The first-order valence-corrected chi connectivity index (χ1v) is 7.54. The lowest BCUT2D eigenvalue weighted by Gasteiger charge is -2.21. The minimum Gasteiger partial charge on any atom is -0.496 e. The zero-order valence-electron chi connectivity index (χ0n) is 12.4. The first-order chi connectivity index (χ1) is 10.2. The van der Waals surface area contributed by atoms with Gasteiger partial charge < -0.3 is 15.0 Å². The standard InChI is InChI=1S/C15H19BrN4O/c1-4-17-15-18-9-12(16)14(19-15)20(2)10-11-7-5-6-8-13(11)21-3/h5-9H,4,10H2,1-3H3,(H,17,18,19). The lowest BCUT2D eigenvalue weighted by molar-refractivity contribution is 0.409. The molecule has 5 nitrogen and oxygen atoms in total. The molecule has 1 aromatic carbocycles. The second kappa shape index (κ2) is 7.26. The summed E-state index contributed by atoms with van der Waals surface area (Å²) in [5, 5.41) is 3.12. The normalized spacial score (nSPS) is 10.3. The van der Waals surface area contributed by atoms with E-state index in [1.807, 2.05) is 32.2 Å². The minimum atomic E-state index is 0.627. The Hall–Kier alpha value is -1.82. The largest absolute Gasteiger partial charge is 0.496 e. The lowest BCUT2D eigenvalue weighted by atomic mass is 10.2. The van der Waals surface area contributed by atoms with Gasteiger partial charge in [0.1, 0.15) is 11.6 Å². The monoisotopic (exact) mass is 350 g/mol. The predicted molar refractivity (Wildman–Crippen MR) is 89.0 cm³/mol. The van der Waals surface area contributed by atoms with E-state index in [1.165, 1.54) is 0 Å². The molecule has 0 aliphatic heterocycles. The number of ether oxygens (including phenoxy) is 1. The fourth-order valence-electron chi connectivity index (χ4n) is 2.03. The molecule has 1 aromatic heterocycles. The van der Waals surface area contributed by atoms with E-state index >= 15 is 0 Å². The summed E-state index contributed by atoms with van der Waals surface area (Å²) in [4.78, 5) is 10.8. The molecule has 0 aliphatic rings. The summed E-state index contributed by atoms with van der Waals surface area (Å²) in [6.45, 7) is 3.51. The van der Waals surface area contributed by atoms with Crippen molar-refractivity contribution in [3.8, 4) is 5.75 Å². The van der Waals surface area contributed by atoms with E-state index < -0.39 is 0 Å². The van der Waals surface area contributed by atoms with Crippen molar-refractivity contribution in [2.75, 3.05) is 30.9 Å². The molecule has 0 fully saturated rings. The number of nitrogens with one attached hydrogen (secondary N) is 1. The Morgan fingerprint density at radius 1 is 1.33 bits per heavy atom. The molecule has 2 aromatic rings. The number of anilines is 2. The number of hydrogen-bond donors (Lipinski definition) is 1. The van der Waals surface area contributed by atoms with Gasteiger partial charge in [0.05, 0.1) is 11.6 Å². The highest BCUT2D eigenvalue weighted by atomic mass is 79.9. The van der Waals surface area contributed by atoms with Crippen LogP contribution in [0.25, 0.3) is 0 Å². The first-order valence-electron chi connectivity index (χ1n) is 6.75. The van der Waals surface area contributed by atoms with Gasteiger partial charge in [-0.25, -0.2) is 4.98 Å². The zero-order chi connectivity index (χ0) is 15.2. The number of aromatic nitrogens is 2. The van der Waals surface area contributed by atoms with Crippen molar-refractivity contribution in [1.82, 2.24) is 9.97 Å². The van der Waals surface area contributed by atoms with E-state index in [1.54, 1.807) is 13.3 Å². The molecule has 0 radical (unpaired) electrons. The molecule has 1 heterocycles. The van der Waals surface area contributed by atoms with E-state index in [9.17, 15) is 0 Å². The Morgan fingerprint density at radius 3 is 2.81 bits per heavy atom. The van der Waals surface area contributed by atoms with Gasteiger partial charge in [-0.1, -0.05) is 18.2 Å². The molecule has 0 amide bonds. The van der Waals surface area contributed by atoms with E-state index in [2.05, 4.69) is 42.2 Å². The maximum atomic E-state index is 5.39. The Kier molecular flexibility index (Phi) is 5.38. The molecule has 21 heavy (non-hydrogen) atoms. The minimum absolute atomic E-state index is 0.627. The third-order valence-electron chi connectivity index (χ3n) is 3.02. The number of para-hydroxylation sites is 1. The van der Waals surface area contributed by atoms with E-state index in [0.717, 1.165) is 28.1 Å². The summed E-state index contributed by atoms with van der Waals surface area (Å²) in [6.07, 6.45) is 1.76. The fraction of sp³-hybridized carbons (Fsp3) is 0.333. The van der Waals surface area contributed by atoms with Crippen LogP contribution in [0, 0.1) is 0 Å². The van der Waals surface area contributed by atoms with Gasteiger partial charge in [-0.05, 0) is 28.9 Å². The van der Waals surface area contributed by atoms with Gasteiger partial charge in [-0.2, -0.15) is 4.98 Å². The summed E-state index contributed by atoms with van der Waals surface area (Å²) in [6, 6.07) is 7.98. The molecular formula is C15H19BrN4O. The van der Waals surface area contributed by atoms with Crippen LogP contribution in [0.15, 0.2) is 34.9 Å². The Labute approximate surface area is 133 Å².